The zero-order valence-corrected chi connectivity index (χ0v) is 18.2. The molecule has 0 bridgehead atoms. The van der Waals surface area contributed by atoms with Crippen LogP contribution >= 0.6 is 0 Å². The Balaban J connectivity index is 1.57. The van der Waals surface area contributed by atoms with Crippen LogP contribution in [0.15, 0.2) is 24.3 Å². The molecule has 0 N–H and O–H groups in total. The van der Waals surface area contributed by atoms with Crippen LogP contribution in [-0.2, 0) is 20.7 Å². The van der Waals surface area contributed by atoms with Crippen molar-refractivity contribution in [3.8, 4) is 5.75 Å². The first kappa shape index (κ1) is 23.0. The summed E-state index contributed by atoms with van der Waals surface area (Å²) in [4.78, 5) is 25.2. The van der Waals surface area contributed by atoms with Gasteiger partial charge in [0.25, 0.3) is 0 Å². The molecule has 29 heavy (non-hydrogen) atoms. The lowest BCUT2D eigenvalue weighted by molar-refractivity contribution is -0.139. The predicted octanol–water partition coefficient (Wildman–Crippen LogP) is 4.60. The van der Waals surface area contributed by atoms with Crippen LogP contribution in [-0.4, -0.2) is 49.4 Å². The number of esters is 1. The fourth-order valence-corrected chi connectivity index (χ4v) is 3.40. The number of hydrogen-bond donors (Lipinski definition) is 0. The lowest BCUT2D eigenvalue weighted by Crippen LogP contribution is -2.41. The van der Waals surface area contributed by atoms with Crippen LogP contribution in [0.25, 0.3) is 0 Å². The smallest absolute Gasteiger partial charge is 0.410 e. The van der Waals surface area contributed by atoms with E-state index >= 15 is 0 Å². The van der Waals surface area contributed by atoms with Crippen molar-refractivity contribution < 1.29 is 23.8 Å². The molecule has 0 saturated carbocycles. The van der Waals surface area contributed by atoms with E-state index in [-0.39, 0.29) is 18.5 Å². The van der Waals surface area contributed by atoms with Crippen LogP contribution in [0.5, 0.6) is 5.75 Å². The third-order valence-corrected chi connectivity index (χ3v) is 5.04. The summed E-state index contributed by atoms with van der Waals surface area (Å²) in [7, 11) is 1.39. The summed E-state index contributed by atoms with van der Waals surface area (Å²) in [5.41, 5.74) is 0.484. The number of benzene rings is 1. The summed E-state index contributed by atoms with van der Waals surface area (Å²) in [6.45, 7) is 7.96. The van der Waals surface area contributed by atoms with Gasteiger partial charge in [-0.15, -0.1) is 0 Å². The Morgan fingerprint density at radius 2 is 1.72 bits per heavy atom. The first-order chi connectivity index (χ1) is 13.8. The van der Waals surface area contributed by atoms with Gasteiger partial charge in [-0.2, -0.15) is 0 Å². The maximum absolute atomic E-state index is 12.1. The molecule has 1 aliphatic rings. The average Bonchev–Trinajstić information content (AvgIpc) is 2.68. The minimum Gasteiger partial charge on any atom is -0.494 e. The molecular formula is C23H35NO5. The SMILES string of the molecule is COC(=O)Cc1ccc(OCCCCC2CCN(C(=O)OC(C)(C)C)CC2)cc1. The van der Waals surface area contributed by atoms with Crippen molar-refractivity contribution in [3.05, 3.63) is 29.8 Å². The summed E-state index contributed by atoms with van der Waals surface area (Å²) >= 11 is 0. The predicted molar refractivity (Wildman–Crippen MR) is 112 cm³/mol. The summed E-state index contributed by atoms with van der Waals surface area (Å²) in [6.07, 6.45) is 5.48. The topological polar surface area (TPSA) is 65.1 Å². The maximum atomic E-state index is 12.1. The average molecular weight is 406 g/mol. The van der Waals surface area contributed by atoms with Gasteiger partial charge in [-0.25, -0.2) is 4.79 Å². The minimum absolute atomic E-state index is 0.193. The molecule has 0 unspecified atom stereocenters. The van der Waals surface area contributed by atoms with Gasteiger partial charge >= 0.3 is 12.1 Å². The van der Waals surface area contributed by atoms with Crippen molar-refractivity contribution in [2.45, 2.75) is 64.9 Å². The molecule has 0 atom stereocenters. The van der Waals surface area contributed by atoms with Crippen LogP contribution in [0, 0.1) is 5.92 Å². The van der Waals surface area contributed by atoms with E-state index in [2.05, 4.69) is 4.74 Å². The van der Waals surface area contributed by atoms with Crippen LogP contribution in [0.3, 0.4) is 0 Å². The Morgan fingerprint density at radius 1 is 1.07 bits per heavy atom. The normalized spacial score (nSPS) is 15.1. The van der Waals surface area contributed by atoms with E-state index in [1.54, 1.807) is 0 Å². The minimum atomic E-state index is -0.435. The van der Waals surface area contributed by atoms with Crippen molar-refractivity contribution in [3.63, 3.8) is 0 Å². The van der Waals surface area contributed by atoms with E-state index in [1.165, 1.54) is 13.5 Å². The Bertz CT molecular complexity index is 642. The molecule has 0 radical (unpaired) electrons. The van der Waals surface area contributed by atoms with Gasteiger partial charge < -0.3 is 19.1 Å². The fraction of sp³-hybridized carbons (Fsp3) is 0.652. The molecule has 162 valence electrons. The van der Waals surface area contributed by atoms with Gasteiger partial charge in [-0.1, -0.05) is 18.6 Å². The maximum Gasteiger partial charge on any atom is 0.410 e. The number of amides is 1. The van der Waals surface area contributed by atoms with Crippen LogP contribution < -0.4 is 4.74 Å². The quantitative estimate of drug-likeness (QED) is 0.467. The molecule has 1 fully saturated rings. The van der Waals surface area contributed by atoms with Crippen LogP contribution in [0.2, 0.25) is 0 Å². The first-order valence-electron chi connectivity index (χ1n) is 10.5. The number of carbonyl (C=O) groups excluding carboxylic acids is 2. The molecule has 0 aromatic heterocycles. The van der Waals surface area contributed by atoms with Crippen molar-refractivity contribution in [2.75, 3.05) is 26.8 Å². The van der Waals surface area contributed by atoms with Crippen LogP contribution in [0.4, 0.5) is 4.79 Å². The third-order valence-electron chi connectivity index (χ3n) is 5.04. The summed E-state index contributed by atoms with van der Waals surface area (Å²) in [6, 6.07) is 7.57. The van der Waals surface area contributed by atoms with Gasteiger partial charge in [0.05, 0.1) is 20.1 Å². The molecule has 1 aromatic carbocycles. The first-order valence-corrected chi connectivity index (χ1v) is 10.5. The van der Waals surface area contributed by atoms with Gasteiger partial charge in [0, 0.05) is 13.1 Å². The van der Waals surface area contributed by atoms with Gasteiger partial charge in [0.1, 0.15) is 11.4 Å². The monoisotopic (exact) mass is 405 g/mol. The van der Waals surface area contributed by atoms with E-state index in [1.807, 2.05) is 49.9 Å². The highest BCUT2D eigenvalue weighted by Gasteiger charge is 2.26. The highest BCUT2D eigenvalue weighted by atomic mass is 16.6. The Labute approximate surface area is 174 Å². The molecule has 0 aliphatic carbocycles. The van der Waals surface area contributed by atoms with E-state index in [0.717, 1.165) is 50.1 Å². The largest absolute Gasteiger partial charge is 0.494 e. The number of ether oxygens (including phenoxy) is 3. The number of unbranched alkanes of at least 4 members (excludes halogenated alkanes) is 1. The molecule has 2 rings (SSSR count). The van der Waals surface area contributed by atoms with Crippen LogP contribution in [0.1, 0.15) is 58.4 Å². The summed E-state index contributed by atoms with van der Waals surface area (Å²) in [5, 5.41) is 0. The van der Waals surface area contributed by atoms with Crippen molar-refractivity contribution in [1.29, 1.82) is 0 Å². The highest BCUT2D eigenvalue weighted by Crippen LogP contribution is 2.24. The van der Waals surface area contributed by atoms with E-state index < -0.39 is 5.60 Å². The summed E-state index contributed by atoms with van der Waals surface area (Å²) in [5.74, 6) is 1.26. The zero-order valence-electron chi connectivity index (χ0n) is 18.2. The standard InChI is InChI=1S/C23H35NO5/c1-23(2,3)29-22(26)24-14-12-18(13-15-24)7-5-6-16-28-20-10-8-19(9-11-20)17-21(25)27-4/h8-11,18H,5-7,12-17H2,1-4H3. The Morgan fingerprint density at radius 3 is 2.31 bits per heavy atom. The van der Waals surface area contributed by atoms with Crippen molar-refractivity contribution in [1.82, 2.24) is 4.90 Å². The Kier molecular flexibility index (Phi) is 8.80. The summed E-state index contributed by atoms with van der Waals surface area (Å²) < 4.78 is 15.9. The number of likely N-dealkylation sites (tertiary alicyclic amines) is 1. The number of rotatable bonds is 8. The third kappa shape index (κ3) is 8.75. The van der Waals surface area contributed by atoms with E-state index in [4.69, 9.17) is 9.47 Å². The van der Waals surface area contributed by atoms with Gasteiger partial charge in [0.15, 0.2) is 0 Å². The fourth-order valence-electron chi connectivity index (χ4n) is 3.40. The number of methoxy groups -OCH3 is 1. The molecule has 0 spiro atoms. The number of piperidine rings is 1. The second kappa shape index (κ2) is 11.1. The molecule has 1 aromatic rings. The zero-order chi connectivity index (χ0) is 21.3. The number of hydrogen-bond acceptors (Lipinski definition) is 5. The molecule has 6 nitrogen and oxygen atoms in total. The van der Waals surface area contributed by atoms with Gasteiger partial charge in [-0.3, -0.25) is 4.79 Å². The van der Waals surface area contributed by atoms with Gasteiger partial charge in [0.2, 0.25) is 0 Å². The molecule has 1 saturated heterocycles. The molecule has 1 amide bonds. The second-order valence-electron chi connectivity index (χ2n) is 8.65. The Hall–Kier alpha value is -2.24. The lowest BCUT2D eigenvalue weighted by Gasteiger charge is -2.33. The van der Waals surface area contributed by atoms with Crippen molar-refractivity contribution >= 4 is 12.1 Å². The molecule has 1 heterocycles. The molecule has 6 heteroatoms. The van der Waals surface area contributed by atoms with E-state index in [9.17, 15) is 9.59 Å². The highest BCUT2D eigenvalue weighted by molar-refractivity contribution is 5.72. The number of nitrogens with zero attached hydrogens (tertiary/aromatic N) is 1. The van der Waals surface area contributed by atoms with Gasteiger partial charge in [-0.05, 0) is 70.1 Å². The van der Waals surface area contributed by atoms with E-state index in [0.29, 0.717) is 12.5 Å². The second-order valence-corrected chi connectivity index (χ2v) is 8.65. The molecule has 1 aliphatic heterocycles. The molecular weight excluding hydrogens is 370 g/mol. The number of carbonyl (C=O) groups is 2. The lowest BCUT2D eigenvalue weighted by atomic mass is 9.92. The van der Waals surface area contributed by atoms with Crippen molar-refractivity contribution in [2.24, 2.45) is 5.92 Å².